The van der Waals surface area contributed by atoms with Crippen LogP contribution in [0.3, 0.4) is 0 Å². The number of halogens is 1. The van der Waals surface area contributed by atoms with Crippen molar-refractivity contribution >= 4 is 28.8 Å². The van der Waals surface area contributed by atoms with Gasteiger partial charge < -0.3 is 5.73 Å². The molecule has 0 spiro atoms. The summed E-state index contributed by atoms with van der Waals surface area (Å²) in [5, 5.41) is 27.0. The van der Waals surface area contributed by atoms with E-state index in [4.69, 9.17) is 28.0 Å². The molecule has 8 heteroatoms. The second-order valence-corrected chi connectivity index (χ2v) is 4.19. The first-order chi connectivity index (χ1) is 9.61. The van der Waals surface area contributed by atoms with E-state index in [1.54, 1.807) is 36.5 Å². The molecule has 0 atom stereocenters. The van der Waals surface area contributed by atoms with Gasteiger partial charge in [0.05, 0.1) is 11.4 Å². The third-order valence-electron chi connectivity index (χ3n) is 2.42. The molecule has 2 aromatic rings. The van der Waals surface area contributed by atoms with Gasteiger partial charge in [0, 0.05) is 16.8 Å². The van der Waals surface area contributed by atoms with Gasteiger partial charge >= 0.3 is 0 Å². The third kappa shape index (κ3) is 2.93. The highest BCUT2D eigenvalue weighted by Crippen LogP contribution is 2.29. The predicted octanol–water partition coefficient (Wildman–Crippen LogP) is 1.96. The van der Waals surface area contributed by atoms with Gasteiger partial charge in [0.15, 0.2) is 5.84 Å². The molecule has 1 aromatic carbocycles. The Labute approximate surface area is 119 Å². The molecule has 0 aliphatic carbocycles. The predicted molar refractivity (Wildman–Crippen MR) is 77.6 cm³/mol. The van der Waals surface area contributed by atoms with E-state index in [9.17, 15) is 0 Å². The summed E-state index contributed by atoms with van der Waals surface area (Å²) in [4.78, 5) is 0. The Kier molecular flexibility index (Phi) is 3.98. The minimum Gasteiger partial charge on any atom is -0.382 e. The zero-order chi connectivity index (χ0) is 14.5. The largest absolute Gasteiger partial charge is 0.382 e. The van der Waals surface area contributed by atoms with Gasteiger partial charge in [-0.3, -0.25) is 15.9 Å². The number of nitrogens with two attached hydrogens (primary N) is 1. The Morgan fingerprint density at radius 1 is 1.50 bits per heavy atom. The van der Waals surface area contributed by atoms with Crippen molar-refractivity contribution in [3.05, 3.63) is 35.5 Å². The first kappa shape index (κ1) is 13.6. The molecule has 0 amide bonds. The first-order valence-electron chi connectivity index (χ1n) is 5.49. The highest BCUT2D eigenvalue weighted by Gasteiger charge is 2.08. The van der Waals surface area contributed by atoms with Crippen molar-refractivity contribution in [3.63, 3.8) is 0 Å². The molecular weight excluding hydrogens is 278 g/mol. The minimum atomic E-state index is -0.412. The first-order valence-corrected chi connectivity index (χ1v) is 5.87. The molecule has 0 saturated heterocycles. The van der Waals surface area contributed by atoms with Crippen LogP contribution in [-0.2, 0) is 0 Å². The van der Waals surface area contributed by atoms with Gasteiger partial charge in [0.2, 0.25) is 5.71 Å². The van der Waals surface area contributed by atoms with Gasteiger partial charge in [-0.15, -0.1) is 0 Å². The molecule has 0 saturated carbocycles. The Morgan fingerprint density at radius 2 is 2.30 bits per heavy atom. The van der Waals surface area contributed by atoms with Crippen molar-refractivity contribution in [3.8, 4) is 17.3 Å². The van der Waals surface area contributed by atoms with Crippen LogP contribution in [0.4, 0.5) is 5.69 Å². The standard InChI is InChI=1S/C12H10ClN7/c13-7-1-2-8(9-3-4-17-18-9)10(5-7)19-20-11(6-14)12(15)16/h1-5,19H,(H3,15,16)(H,17,18)/b20-11+. The van der Waals surface area contributed by atoms with Gasteiger partial charge in [0.25, 0.3) is 0 Å². The number of nitriles is 1. The molecule has 1 heterocycles. The molecule has 0 aliphatic heterocycles. The molecule has 100 valence electrons. The number of rotatable bonds is 4. The average molecular weight is 288 g/mol. The number of nitrogens with zero attached hydrogens (tertiary/aromatic N) is 3. The fourth-order valence-corrected chi connectivity index (χ4v) is 1.68. The number of aromatic amines is 1. The number of aromatic nitrogens is 2. The topological polar surface area (TPSA) is 127 Å². The normalized spacial score (nSPS) is 10.9. The summed E-state index contributed by atoms with van der Waals surface area (Å²) in [5.74, 6) is -0.412. The summed E-state index contributed by atoms with van der Waals surface area (Å²) < 4.78 is 0. The fourth-order valence-electron chi connectivity index (χ4n) is 1.51. The smallest absolute Gasteiger partial charge is 0.201 e. The molecule has 5 N–H and O–H groups in total. The summed E-state index contributed by atoms with van der Waals surface area (Å²) in [7, 11) is 0. The van der Waals surface area contributed by atoms with Crippen LogP contribution < -0.4 is 11.2 Å². The molecule has 0 unspecified atom stereocenters. The second-order valence-electron chi connectivity index (χ2n) is 3.76. The average Bonchev–Trinajstić information content (AvgIpc) is 2.93. The molecule has 0 bridgehead atoms. The van der Waals surface area contributed by atoms with Crippen LogP contribution >= 0.6 is 11.6 Å². The number of nitrogens with one attached hydrogen (secondary N) is 3. The molecule has 1 aromatic heterocycles. The van der Waals surface area contributed by atoms with Crippen LogP contribution in [0.5, 0.6) is 0 Å². The summed E-state index contributed by atoms with van der Waals surface area (Å²) in [6.45, 7) is 0. The Morgan fingerprint density at radius 3 is 2.90 bits per heavy atom. The number of amidine groups is 1. The van der Waals surface area contributed by atoms with E-state index in [1.807, 2.05) is 0 Å². The minimum absolute atomic E-state index is 0.208. The number of hydrogen-bond acceptors (Lipinski definition) is 5. The van der Waals surface area contributed by atoms with Crippen molar-refractivity contribution < 1.29 is 0 Å². The van der Waals surface area contributed by atoms with Crippen LogP contribution in [0.25, 0.3) is 11.3 Å². The summed E-state index contributed by atoms with van der Waals surface area (Å²) in [5.41, 5.74) is 9.81. The quantitative estimate of drug-likeness (QED) is 0.389. The number of hydrazone groups is 1. The lowest BCUT2D eigenvalue weighted by atomic mass is 10.1. The van der Waals surface area contributed by atoms with Crippen LogP contribution in [0.1, 0.15) is 0 Å². The van der Waals surface area contributed by atoms with E-state index < -0.39 is 5.84 Å². The second kappa shape index (κ2) is 5.86. The highest BCUT2D eigenvalue weighted by molar-refractivity contribution is 6.45. The van der Waals surface area contributed by atoms with E-state index in [0.29, 0.717) is 10.7 Å². The lowest BCUT2D eigenvalue weighted by Crippen LogP contribution is -2.21. The maximum atomic E-state index is 8.80. The summed E-state index contributed by atoms with van der Waals surface area (Å²) in [6.07, 6.45) is 1.62. The Bertz CT molecular complexity index is 697. The number of anilines is 1. The zero-order valence-electron chi connectivity index (χ0n) is 10.2. The zero-order valence-corrected chi connectivity index (χ0v) is 10.9. The van der Waals surface area contributed by atoms with Gasteiger partial charge in [-0.1, -0.05) is 11.6 Å². The van der Waals surface area contributed by atoms with Crippen molar-refractivity contribution in [2.24, 2.45) is 10.8 Å². The lowest BCUT2D eigenvalue weighted by molar-refractivity contribution is 1.09. The van der Waals surface area contributed by atoms with Crippen LogP contribution in [0.2, 0.25) is 5.02 Å². The maximum absolute atomic E-state index is 8.80. The molecule has 7 nitrogen and oxygen atoms in total. The SMILES string of the molecule is N#C/C(=N\Nc1cc(Cl)ccc1-c1ccn[nH]1)C(=N)N. The monoisotopic (exact) mass is 287 g/mol. The third-order valence-corrected chi connectivity index (χ3v) is 2.66. The van der Waals surface area contributed by atoms with Gasteiger partial charge in [0.1, 0.15) is 6.07 Å². The summed E-state index contributed by atoms with van der Waals surface area (Å²) in [6, 6.07) is 8.67. The van der Waals surface area contributed by atoms with Crippen LogP contribution in [0.15, 0.2) is 35.6 Å². The van der Waals surface area contributed by atoms with E-state index >= 15 is 0 Å². The molecule has 0 aliphatic rings. The van der Waals surface area contributed by atoms with E-state index in [-0.39, 0.29) is 5.71 Å². The number of H-pyrrole nitrogens is 1. The Balaban J connectivity index is 2.39. The van der Waals surface area contributed by atoms with Crippen LogP contribution in [-0.4, -0.2) is 21.7 Å². The molecule has 0 radical (unpaired) electrons. The fraction of sp³-hybridized carbons (Fsp3) is 0. The number of benzene rings is 1. The van der Waals surface area contributed by atoms with Crippen LogP contribution in [0, 0.1) is 16.7 Å². The van der Waals surface area contributed by atoms with Crippen molar-refractivity contribution in [2.45, 2.75) is 0 Å². The molecule has 0 fully saturated rings. The molecule has 20 heavy (non-hydrogen) atoms. The molecular formula is C12H10ClN7. The van der Waals surface area contributed by atoms with Crippen molar-refractivity contribution in [1.82, 2.24) is 10.2 Å². The van der Waals surface area contributed by atoms with Crippen molar-refractivity contribution in [2.75, 3.05) is 5.43 Å². The maximum Gasteiger partial charge on any atom is 0.201 e. The van der Waals surface area contributed by atoms with E-state index in [2.05, 4.69) is 20.7 Å². The number of hydrogen-bond donors (Lipinski definition) is 4. The highest BCUT2D eigenvalue weighted by atomic mass is 35.5. The van der Waals surface area contributed by atoms with Gasteiger partial charge in [-0.2, -0.15) is 15.5 Å². The van der Waals surface area contributed by atoms with Gasteiger partial charge in [-0.05, 0) is 24.3 Å². The van der Waals surface area contributed by atoms with E-state index in [1.165, 1.54) is 0 Å². The lowest BCUT2D eigenvalue weighted by Gasteiger charge is -2.08. The Hall–Kier alpha value is -2.85. The van der Waals surface area contributed by atoms with Crippen molar-refractivity contribution in [1.29, 1.82) is 10.7 Å². The van der Waals surface area contributed by atoms with E-state index in [0.717, 1.165) is 11.3 Å². The van der Waals surface area contributed by atoms with Gasteiger partial charge in [-0.25, -0.2) is 0 Å². The molecule has 2 rings (SSSR count). The summed E-state index contributed by atoms with van der Waals surface area (Å²) >= 11 is 5.94.